The zero-order valence-corrected chi connectivity index (χ0v) is 10.7. The van der Waals surface area contributed by atoms with Crippen molar-refractivity contribution in [3.05, 3.63) is 22.7 Å². The topological polar surface area (TPSA) is 59.4 Å². The van der Waals surface area contributed by atoms with Gasteiger partial charge in [-0.2, -0.15) is 0 Å². The average molecular weight is 251 g/mol. The fourth-order valence-corrected chi connectivity index (χ4v) is 2.46. The molecule has 0 aliphatic carbocycles. The molecule has 0 saturated heterocycles. The Bertz CT molecular complexity index is 574. The van der Waals surface area contributed by atoms with Crippen LogP contribution in [-0.4, -0.2) is 22.2 Å². The van der Waals surface area contributed by atoms with E-state index in [1.807, 2.05) is 20.8 Å². The van der Waals surface area contributed by atoms with E-state index in [1.165, 1.54) is 17.4 Å². The van der Waals surface area contributed by atoms with E-state index in [4.69, 9.17) is 9.84 Å². The third-order valence-corrected chi connectivity index (χ3v) is 3.09. The van der Waals surface area contributed by atoms with Crippen LogP contribution in [0.4, 0.5) is 0 Å². The van der Waals surface area contributed by atoms with Gasteiger partial charge in [0.2, 0.25) is 0 Å². The molecule has 0 radical (unpaired) electrons. The van der Waals surface area contributed by atoms with Gasteiger partial charge in [-0.1, -0.05) is 0 Å². The average Bonchev–Trinajstić information content (AvgIpc) is 2.57. The zero-order chi connectivity index (χ0) is 12.6. The molecule has 4 nitrogen and oxygen atoms in total. The van der Waals surface area contributed by atoms with Gasteiger partial charge < -0.3 is 9.84 Å². The summed E-state index contributed by atoms with van der Waals surface area (Å²) in [4.78, 5) is 15.4. The van der Waals surface area contributed by atoms with E-state index in [2.05, 4.69) is 4.98 Å². The highest BCUT2D eigenvalue weighted by molar-refractivity contribution is 7.18. The Morgan fingerprint density at radius 3 is 2.76 bits per heavy atom. The number of benzene rings is 1. The first-order chi connectivity index (χ1) is 7.97. The molecule has 1 aromatic carbocycles. The lowest BCUT2D eigenvalue weighted by molar-refractivity contribution is 0.0696. The van der Waals surface area contributed by atoms with Crippen molar-refractivity contribution in [3.8, 4) is 5.75 Å². The minimum atomic E-state index is -0.952. The highest BCUT2D eigenvalue weighted by Crippen LogP contribution is 2.31. The van der Waals surface area contributed by atoms with Crippen LogP contribution in [-0.2, 0) is 0 Å². The van der Waals surface area contributed by atoms with Gasteiger partial charge in [0.1, 0.15) is 11.3 Å². The van der Waals surface area contributed by atoms with Crippen molar-refractivity contribution in [3.63, 3.8) is 0 Å². The molecule has 17 heavy (non-hydrogen) atoms. The first kappa shape index (κ1) is 11.9. The van der Waals surface area contributed by atoms with E-state index in [9.17, 15) is 4.79 Å². The number of carboxylic acids is 1. The molecule has 0 aliphatic heterocycles. The van der Waals surface area contributed by atoms with Gasteiger partial charge in [0.05, 0.1) is 21.4 Å². The van der Waals surface area contributed by atoms with Gasteiger partial charge >= 0.3 is 5.97 Å². The number of carboxylic acid groups (broad SMARTS) is 1. The fraction of sp³-hybridized carbons (Fsp3) is 0.333. The Morgan fingerprint density at radius 1 is 1.47 bits per heavy atom. The third-order valence-electron chi connectivity index (χ3n) is 2.18. The number of fused-ring (bicyclic) bond motifs is 1. The van der Waals surface area contributed by atoms with Crippen LogP contribution in [0.2, 0.25) is 0 Å². The van der Waals surface area contributed by atoms with Crippen molar-refractivity contribution in [1.29, 1.82) is 0 Å². The number of carbonyl (C=O) groups is 1. The number of aromatic carboxylic acids is 1. The maximum atomic E-state index is 11.0. The number of thiazole rings is 1. The van der Waals surface area contributed by atoms with Gasteiger partial charge in [0.25, 0.3) is 0 Å². The van der Waals surface area contributed by atoms with E-state index in [0.29, 0.717) is 5.75 Å². The summed E-state index contributed by atoms with van der Waals surface area (Å²) in [6.45, 7) is 5.70. The second-order valence-corrected chi connectivity index (χ2v) is 5.26. The molecular weight excluding hydrogens is 238 g/mol. The molecule has 0 fully saturated rings. The number of hydrogen-bond acceptors (Lipinski definition) is 4. The lowest BCUT2D eigenvalue weighted by Gasteiger charge is -2.10. The molecule has 0 spiro atoms. The largest absolute Gasteiger partial charge is 0.489 e. The van der Waals surface area contributed by atoms with Gasteiger partial charge in [0, 0.05) is 0 Å². The first-order valence-corrected chi connectivity index (χ1v) is 6.10. The molecule has 90 valence electrons. The van der Waals surface area contributed by atoms with Crippen molar-refractivity contribution >= 4 is 27.5 Å². The molecule has 0 atom stereocenters. The van der Waals surface area contributed by atoms with Crippen LogP contribution >= 0.6 is 11.3 Å². The molecule has 0 aliphatic rings. The van der Waals surface area contributed by atoms with Crippen LogP contribution in [0.25, 0.3) is 10.2 Å². The van der Waals surface area contributed by atoms with Crippen LogP contribution in [0.3, 0.4) is 0 Å². The number of nitrogens with zero attached hydrogens (tertiary/aromatic N) is 1. The number of aryl methyl sites for hydroxylation is 1. The minimum absolute atomic E-state index is 0.00995. The van der Waals surface area contributed by atoms with E-state index < -0.39 is 5.97 Å². The second kappa shape index (κ2) is 4.33. The van der Waals surface area contributed by atoms with Gasteiger partial charge in [0.15, 0.2) is 0 Å². The summed E-state index contributed by atoms with van der Waals surface area (Å²) in [5.74, 6) is -0.411. The van der Waals surface area contributed by atoms with Gasteiger partial charge in [-0.25, -0.2) is 9.78 Å². The van der Waals surface area contributed by atoms with Gasteiger partial charge in [-0.05, 0) is 32.9 Å². The van der Waals surface area contributed by atoms with Crippen LogP contribution in [0.15, 0.2) is 12.1 Å². The molecule has 0 saturated carbocycles. The Labute approximate surface area is 103 Å². The Morgan fingerprint density at radius 2 is 2.18 bits per heavy atom. The summed E-state index contributed by atoms with van der Waals surface area (Å²) in [6.07, 6.45) is -0.00995. The number of ether oxygens (including phenoxy) is 1. The molecule has 0 unspecified atom stereocenters. The Kier molecular flexibility index (Phi) is 3.02. The quantitative estimate of drug-likeness (QED) is 0.910. The van der Waals surface area contributed by atoms with Crippen LogP contribution in [0.1, 0.15) is 29.2 Å². The van der Waals surface area contributed by atoms with Crippen molar-refractivity contribution in [2.24, 2.45) is 0 Å². The highest BCUT2D eigenvalue weighted by atomic mass is 32.1. The summed E-state index contributed by atoms with van der Waals surface area (Å²) in [5, 5.41) is 9.94. The summed E-state index contributed by atoms with van der Waals surface area (Å²) in [7, 11) is 0. The smallest absolute Gasteiger partial charge is 0.335 e. The van der Waals surface area contributed by atoms with Crippen LogP contribution in [0.5, 0.6) is 5.75 Å². The normalized spacial score (nSPS) is 11.1. The zero-order valence-electron chi connectivity index (χ0n) is 9.85. The fourth-order valence-electron chi connectivity index (χ4n) is 1.58. The third kappa shape index (κ3) is 2.39. The molecule has 0 bridgehead atoms. The lowest BCUT2D eigenvalue weighted by Crippen LogP contribution is -2.07. The SMILES string of the molecule is Cc1nc2c(OC(C)C)cc(C(=O)O)cc2s1. The number of rotatable bonds is 3. The van der Waals surface area contributed by atoms with E-state index >= 15 is 0 Å². The Hall–Kier alpha value is -1.62. The molecule has 2 rings (SSSR count). The minimum Gasteiger partial charge on any atom is -0.489 e. The molecule has 1 aromatic heterocycles. The summed E-state index contributed by atoms with van der Waals surface area (Å²) < 4.78 is 6.46. The molecule has 2 aromatic rings. The predicted molar refractivity (Wildman–Crippen MR) is 67.1 cm³/mol. The molecule has 1 N–H and O–H groups in total. The standard InChI is InChI=1S/C12H13NO3S/c1-6(2)16-9-4-8(12(14)15)5-10-11(9)13-7(3)17-10/h4-6H,1-3H3,(H,14,15). The van der Waals surface area contributed by atoms with E-state index in [1.54, 1.807) is 6.07 Å². The van der Waals surface area contributed by atoms with Crippen molar-refractivity contribution in [2.45, 2.75) is 26.9 Å². The maximum Gasteiger partial charge on any atom is 0.335 e. The maximum absolute atomic E-state index is 11.0. The molecule has 1 heterocycles. The van der Waals surface area contributed by atoms with Crippen LogP contribution < -0.4 is 4.74 Å². The van der Waals surface area contributed by atoms with E-state index in [-0.39, 0.29) is 11.7 Å². The summed E-state index contributed by atoms with van der Waals surface area (Å²) >= 11 is 1.47. The summed E-state index contributed by atoms with van der Waals surface area (Å²) in [6, 6.07) is 3.17. The van der Waals surface area contributed by atoms with E-state index in [0.717, 1.165) is 15.2 Å². The second-order valence-electron chi connectivity index (χ2n) is 4.03. The van der Waals surface area contributed by atoms with Crippen molar-refractivity contribution in [1.82, 2.24) is 4.98 Å². The van der Waals surface area contributed by atoms with Crippen molar-refractivity contribution in [2.75, 3.05) is 0 Å². The molecule has 5 heteroatoms. The molecular formula is C12H13NO3S. The lowest BCUT2D eigenvalue weighted by atomic mass is 10.2. The number of hydrogen-bond donors (Lipinski definition) is 1. The van der Waals surface area contributed by atoms with Gasteiger partial charge in [-0.15, -0.1) is 11.3 Å². The van der Waals surface area contributed by atoms with Crippen LogP contribution in [0, 0.1) is 6.92 Å². The predicted octanol–water partition coefficient (Wildman–Crippen LogP) is 3.09. The van der Waals surface area contributed by atoms with Gasteiger partial charge in [-0.3, -0.25) is 0 Å². The highest BCUT2D eigenvalue weighted by Gasteiger charge is 2.14. The first-order valence-electron chi connectivity index (χ1n) is 5.28. The summed E-state index contributed by atoms with van der Waals surface area (Å²) in [5.41, 5.74) is 0.975. The monoisotopic (exact) mass is 251 g/mol. The Balaban J connectivity index is 2.64. The molecule has 0 amide bonds. The number of aromatic nitrogens is 1. The van der Waals surface area contributed by atoms with Crippen molar-refractivity contribution < 1.29 is 14.6 Å².